The van der Waals surface area contributed by atoms with Gasteiger partial charge in [0.25, 0.3) is 0 Å². The first-order valence-corrected chi connectivity index (χ1v) is 4.40. The molecule has 0 heterocycles. The molecule has 0 N–H and O–H groups in total. The zero-order valence-corrected chi connectivity index (χ0v) is 12.8. The first-order valence-electron chi connectivity index (χ1n) is 4.40. The van der Waals surface area contributed by atoms with E-state index in [9.17, 15) is 0 Å². The van der Waals surface area contributed by atoms with Crippen LogP contribution in [0.3, 0.4) is 0 Å². The Morgan fingerprint density at radius 2 is 0.824 bits per heavy atom. The maximum Gasteiger partial charge on any atom is 4.00 e. The minimum atomic E-state index is 0. The van der Waals surface area contributed by atoms with Crippen molar-refractivity contribution in [1.29, 1.82) is 0 Å². The van der Waals surface area contributed by atoms with Crippen molar-refractivity contribution in [1.82, 2.24) is 0 Å². The molecule has 2 rings (SSSR count). The van der Waals surface area contributed by atoms with Crippen LogP contribution >= 0.6 is 0 Å². The Balaban J connectivity index is -0.000000490. The molecule has 88 valence electrons. The van der Waals surface area contributed by atoms with E-state index in [2.05, 4.69) is 55.0 Å². The van der Waals surface area contributed by atoms with Crippen LogP contribution in [0.15, 0.2) is 60.7 Å². The van der Waals surface area contributed by atoms with Crippen molar-refractivity contribution in [3.63, 3.8) is 0 Å². The molecule has 0 spiro atoms. The van der Waals surface area contributed by atoms with E-state index < -0.39 is 0 Å². The fraction of sp³-hybridized carbons (Fsp3) is 0. The smallest absolute Gasteiger partial charge is 1.00 e. The van der Waals surface area contributed by atoms with Gasteiger partial charge in [-0.2, -0.15) is 0 Å². The van der Waals surface area contributed by atoms with E-state index in [0.717, 1.165) is 0 Å². The molecule has 0 radical (unpaired) electrons. The predicted molar refractivity (Wildman–Crippen MR) is 55.4 cm³/mol. The van der Waals surface area contributed by atoms with Gasteiger partial charge in [-0.3, -0.25) is 0 Å². The molecule has 4 heteroatoms. The fourth-order valence-electron chi connectivity index (χ4n) is 1.29. The topological polar surface area (TPSA) is 0 Å². The minimum absolute atomic E-state index is 0. The molecular weight excluding hydrogens is 310 g/mol. The van der Waals surface area contributed by atoms with Gasteiger partial charge in [-0.15, -0.1) is 41.8 Å². The Bertz CT molecular complexity index is 327. The van der Waals surface area contributed by atoms with Gasteiger partial charge in [0.05, 0.1) is 0 Å². The van der Waals surface area contributed by atoms with Crippen LogP contribution in [0.25, 0.3) is 0 Å². The van der Waals surface area contributed by atoms with Crippen molar-refractivity contribution in [2.45, 2.75) is 0 Å². The second-order valence-electron chi connectivity index (χ2n) is 2.97. The molecule has 17 heavy (non-hydrogen) atoms. The van der Waals surface area contributed by atoms with Crippen LogP contribution in [0, 0.1) is 6.42 Å². The molecular formula is C13H11Cl3Ti. The van der Waals surface area contributed by atoms with E-state index in [0.29, 0.717) is 0 Å². The summed E-state index contributed by atoms with van der Waals surface area (Å²) in [6, 6.07) is 20.7. The average molecular weight is 321 g/mol. The van der Waals surface area contributed by atoms with Crippen LogP contribution in [-0.2, 0) is 21.7 Å². The van der Waals surface area contributed by atoms with Crippen molar-refractivity contribution in [3.8, 4) is 0 Å². The SMILES string of the molecule is [Cl-].[Cl-].[Cl-].[Ti+4].c1ccc([CH-]c2ccccc2)cc1. The molecule has 0 amide bonds. The summed E-state index contributed by atoms with van der Waals surface area (Å²) in [6.45, 7) is 0. The Hall–Kier alpha value is -0.106. The third-order valence-electron chi connectivity index (χ3n) is 1.93. The molecule has 0 aliphatic rings. The van der Waals surface area contributed by atoms with Gasteiger partial charge in [-0.1, -0.05) is 36.4 Å². The Morgan fingerprint density at radius 1 is 0.529 bits per heavy atom. The van der Waals surface area contributed by atoms with E-state index in [4.69, 9.17) is 0 Å². The summed E-state index contributed by atoms with van der Waals surface area (Å²) in [7, 11) is 0. The van der Waals surface area contributed by atoms with E-state index >= 15 is 0 Å². The number of hydrogen-bond acceptors (Lipinski definition) is 0. The quantitative estimate of drug-likeness (QED) is 0.382. The molecule has 0 nitrogen and oxygen atoms in total. The van der Waals surface area contributed by atoms with Gasteiger partial charge in [0.1, 0.15) is 0 Å². The van der Waals surface area contributed by atoms with Gasteiger partial charge >= 0.3 is 21.7 Å². The molecule has 0 saturated heterocycles. The Labute approximate surface area is 136 Å². The minimum Gasteiger partial charge on any atom is -1.00 e. The van der Waals surface area contributed by atoms with Crippen molar-refractivity contribution >= 4 is 0 Å². The number of halogens is 3. The third-order valence-corrected chi connectivity index (χ3v) is 1.93. The molecule has 0 atom stereocenters. The molecule has 0 bridgehead atoms. The van der Waals surface area contributed by atoms with Gasteiger partial charge in [0.2, 0.25) is 0 Å². The summed E-state index contributed by atoms with van der Waals surface area (Å²) in [5.74, 6) is 0. The van der Waals surface area contributed by atoms with Crippen molar-refractivity contribution < 1.29 is 58.9 Å². The maximum atomic E-state index is 2.17. The molecule has 0 aliphatic heterocycles. The normalized spacial score (nSPS) is 7.29. The molecule has 0 aliphatic carbocycles. The fourth-order valence-corrected chi connectivity index (χ4v) is 1.29. The van der Waals surface area contributed by atoms with Crippen molar-refractivity contribution in [2.75, 3.05) is 0 Å². The summed E-state index contributed by atoms with van der Waals surface area (Å²) in [5.41, 5.74) is 2.49. The van der Waals surface area contributed by atoms with Crippen LogP contribution in [-0.4, -0.2) is 0 Å². The largest absolute Gasteiger partial charge is 4.00 e. The summed E-state index contributed by atoms with van der Waals surface area (Å²) in [6.07, 6.45) is 2.17. The summed E-state index contributed by atoms with van der Waals surface area (Å²) in [4.78, 5) is 0. The van der Waals surface area contributed by atoms with Crippen LogP contribution in [0.1, 0.15) is 11.1 Å². The van der Waals surface area contributed by atoms with Crippen LogP contribution in [0.5, 0.6) is 0 Å². The van der Waals surface area contributed by atoms with Gasteiger partial charge < -0.3 is 37.2 Å². The number of rotatable bonds is 2. The van der Waals surface area contributed by atoms with Crippen molar-refractivity contribution in [3.05, 3.63) is 78.2 Å². The summed E-state index contributed by atoms with van der Waals surface area (Å²) < 4.78 is 0. The number of hydrogen-bond donors (Lipinski definition) is 0. The van der Waals surface area contributed by atoms with E-state index in [-0.39, 0.29) is 58.9 Å². The maximum absolute atomic E-state index is 2.17. The van der Waals surface area contributed by atoms with Crippen LogP contribution in [0.4, 0.5) is 0 Å². The predicted octanol–water partition coefficient (Wildman–Crippen LogP) is -5.70. The second-order valence-corrected chi connectivity index (χ2v) is 2.97. The third kappa shape index (κ3) is 7.75. The van der Waals surface area contributed by atoms with E-state index in [1.165, 1.54) is 11.1 Å². The first-order chi connectivity index (χ1) is 6.45. The molecule has 2 aromatic carbocycles. The molecule has 0 saturated carbocycles. The molecule has 2 aromatic rings. The Kier molecular flexibility index (Phi) is 16.1. The van der Waals surface area contributed by atoms with Crippen LogP contribution < -0.4 is 37.2 Å². The molecule has 0 fully saturated rings. The van der Waals surface area contributed by atoms with E-state index in [1.807, 2.05) is 12.1 Å². The second kappa shape index (κ2) is 12.4. The molecule has 0 aromatic heterocycles. The molecule has 0 unspecified atom stereocenters. The first kappa shape index (κ1) is 22.1. The van der Waals surface area contributed by atoms with Gasteiger partial charge in [0.15, 0.2) is 0 Å². The van der Waals surface area contributed by atoms with Gasteiger partial charge in [-0.25, -0.2) is 0 Å². The standard InChI is InChI=1S/C13H11.3ClH.Ti/c1-3-7-12(8-4-1)11-13-9-5-2-6-10-13;;;;/h1-11H;3*1H;/q-1;;;;+4/p-3. The van der Waals surface area contributed by atoms with Gasteiger partial charge in [-0.05, 0) is 0 Å². The monoisotopic (exact) mass is 320 g/mol. The van der Waals surface area contributed by atoms with Crippen molar-refractivity contribution in [2.24, 2.45) is 0 Å². The van der Waals surface area contributed by atoms with E-state index in [1.54, 1.807) is 0 Å². The average Bonchev–Trinajstić information content (AvgIpc) is 2.21. The number of benzene rings is 2. The van der Waals surface area contributed by atoms with Crippen LogP contribution in [0.2, 0.25) is 0 Å². The summed E-state index contributed by atoms with van der Waals surface area (Å²) in [5, 5.41) is 0. The zero-order chi connectivity index (χ0) is 8.93. The Morgan fingerprint density at radius 3 is 1.12 bits per heavy atom. The zero-order valence-electron chi connectivity index (χ0n) is 8.98. The van der Waals surface area contributed by atoms with Gasteiger partial charge in [0, 0.05) is 0 Å². The summed E-state index contributed by atoms with van der Waals surface area (Å²) >= 11 is 0.